The van der Waals surface area contributed by atoms with E-state index in [-0.39, 0.29) is 61.8 Å². The van der Waals surface area contributed by atoms with Crippen molar-refractivity contribution in [3.63, 3.8) is 0 Å². The Hall–Kier alpha value is -0.617. The van der Waals surface area contributed by atoms with Gasteiger partial charge in [0.15, 0.2) is 0 Å². The van der Waals surface area contributed by atoms with Gasteiger partial charge in [0.25, 0.3) is 0 Å². The van der Waals surface area contributed by atoms with Crippen molar-refractivity contribution in [3.05, 3.63) is 82.0 Å². The third-order valence-electron chi connectivity index (χ3n) is 9.25. The Morgan fingerprint density at radius 1 is 0.722 bits per heavy atom. The van der Waals surface area contributed by atoms with Gasteiger partial charge in [-0.25, -0.2) is 0 Å². The Bertz CT molecular complexity index is 1130. The number of fused-ring (bicyclic) bond motifs is 5. The summed E-state index contributed by atoms with van der Waals surface area (Å²) in [6.07, 6.45) is 11.9. The number of rotatable bonds is 1. The van der Waals surface area contributed by atoms with Gasteiger partial charge in [-0.2, -0.15) is 0 Å². The fourth-order valence-electron chi connectivity index (χ4n) is 7.52. The molecule has 3 atom stereocenters. The summed E-state index contributed by atoms with van der Waals surface area (Å²) in [7, 11) is 0. The van der Waals surface area contributed by atoms with E-state index in [9.17, 15) is 0 Å². The standard InChI is InChI=1S/C33H40.2ClH.Zr/c1-32(2,3)20-14-16-26-28(18-20)29-19-21(33(4,5)6)15-17-27(29)31(26)30-24-11-8-7-10-22(24)23-12-9-13-25(23)30;;;/h9,13-19,22,24,30-31H,7-8,10-12H2,1-6H3;2*1H;/q;;;+2/p-2. The normalized spacial score (nSPS) is 24.2. The predicted octanol–water partition coefficient (Wildman–Crippen LogP) is 3.09. The molecule has 1 saturated carbocycles. The van der Waals surface area contributed by atoms with Gasteiger partial charge in [0.2, 0.25) is 0 Å². The molecular formula is C33H40Cl2Zr. The molecule has 1 fully saturated rings. The molecule has 36 heavy (non-hydrogen) atoms. The Morgan fingerprint density at radius 2 is 1.25 bits per heavy atom. The van der Waals surface area contributed by atoms with Crippen LogP contribution in [0.3, 0.4) is 0 Å². The maximum absolute atomic E-state index is 2.54. The molecule has 2 aromatic carbocycles. The maximum atomic E-state index is 2.54. The van der Waals surface area contributed by atoms with Crippen molar-refractivity contribution in [2.75, 3.05) is 0 Å². The molecule has 0 aromatic heterocycles. The van der Waals surface area contributed by atoms with Crippen LogP contribution in [0.1, 0.15) is 102 Å². The van der Waals surface area contributed by atoms with E-state index in [0.29, 0.717) is 11.8 Å². The zero-order valence-electron chi connectivity index (χ0n) is 22.7. The minimum absolute atomic E-state index is 0. The number of benzene rings is 2. The largest absolute Gasteiger partial charge is 2.00 e. The maximum Gasteiger partial charge on any atom is 2.00 e. The number of hydrogen-bond donors (Lipinski definition) is 0. The van der Waals surface area contributed by atoms with Gasteiger partial charge in [-0.1, -0.05) is 109 Å². The fourth-order valence-corrected chi connectivity index (χ4v) is 7.52. The molecule has 0 aliphatic heterocycles. The summed E-state index contributed by atoms with van der Waals surface area (Å²) in [5.41, 5.74) is 13.0. The molecular weight excluding hydrogens is 558 g/mol. The van der Waals surface area contributed by atoms with E-state index in [1.165, 1.54) is 54.4 Å². The molecule has 4 aliphatic rings. The van der Waals surface area contributed by atoms with Crippen molar-refractivity contribution in [2.45, 2.75) is 90.4 Å². The molecule has 4 aliphatic carbocycles. The number of hydrogen-bond acceptors (Lipinski definition) is 0. The first-order valence-corrected chi connectivity index (χ1v) is 13.3. The van der Waals surface area contributed by atoms with Crippen LogP contribution >= 0.6 is 0 Å². The van der Waals surface area contributed by atoms with Crippen molar-refractivity contribution in [1.82, 2.24) is 0 Å². The monoisotopic (exact) mass is 596 g/mol. The molecule has 0 spiro atoms. The molecule has 0 N–H and O–H groups in total. The van der Waals surface area contributed by atoms with Gasteiger partial charge >= 0.3 is 26.2 Å². The summed E-state index contributed by atoms with van der Waals surface area (Å²) in [6, 6.07) is 14.9. The Kier molecular flexibility index (Phi) is 8.74. The van der Waals surface area contributed by atoms with Crippen LogP contribution in [0.15, 0.2) is 59.7 Å². The van der Waals surface area contributed by atoms with Crippen LogP contribution in [-0.2, 0) is 37.0 Å². The summed E-state index contributed by atoms with van der Waals surface area (Å²) in [6.45, 7) is 14.1. The third kappa shape index (κ3) is 4.69. The SMILES string of the molecule is CC(C)(C)c1ccc2c(c1)-c1cc(C(C)(C)C)ccc1C2C1C2=C(CC=C2)C2CCCCC21.[Cl-].[Cl-].[Zr+2]. The van der Waals surface area contributed by atoms with Gasteiger partial charge in [-0.3, -0.25) is 0 Å². The molecule has 0 bridgehead atoms. The first-order chi connectivity index (χ1) is 15.6. The van der Waals surface area contributed by atoms with Crippen molar-refractivity contribution < 1.29 is 51.0 Å². The first-order valence-electron chi connectivity index (χ1n) is 13.3. The smallest absolute Gasteiger partial charge is 1.00 e. The van der Waals surface area contributed by atoms with Crippen LogP contribution < -0.4 is 24.8 Å². The molecule has 0 saturated heterocycles. The van der Waals surface area contributed by atoms with Crippen LogP contribution in [-0.4, -0.2) is 0 Å². The first kappa shape index (κ1) is 29.9. The topological polar surface area (TPSA) is 0 Å². The molecule has 6 rings (SSSR count). The summed E-state index contributed by atoms with van der Waals surface area (Å²) in [5, 5.41) is 0. The van der Waals surface area contributed by atoms with Crippen LogP contribution in [0.5, 0.6) is 0 Å². The van der Waals surface area contributed by atoms with Gasteiger partial charge in [0.1, 0.15) is 0 Å². The second-order valence-electron chi connectivity index (χ2n) is 13.2. The molecule has 3 unspecified atom stereocenters. The number of halogens is 2. The van der Waals surface area contributed by atoms with Crippen LogP contribution in [0.2, 0.25) is 0 Å². The predicted molar refractivity (Wildman–Crippen MR) is 141 cm³/mol. The molecule has 190 valence electrons. The molecule has 0 radical (unpaired) electrons. The Morgan fingerprint density at radius 3 is 1.78 bits per heavy atom. The van der Waals surface area contributed by atoms with Crippen molar-refractivity contribution >= 4 is 0 Å². The minimum atomic E-state index is 0. The average Bonchev–Trinajstić information content (AvgIpc) is 3.43. The molecule has 3 heteroatoms. The summed E-state index contributed by atoms with van der Waals surface area (Å²) in [4.78, 5) is 0. The van der Waals surface area contributed by atoms with E-state index in [4.69, 9.17) is 0 Å². The summed E-state index contributed by atoms with van der Waals surface area (Å²) >= 11 is 0. The van der Waals surface area contributed by atoms with E-state index in [1.54, 1.807) is 22.3 Å². The van der Waals surface area contributed by atoms with Crippen LogP contribution in [0.25, 0.3) is 11.1 Å². The van der Waals surface area contributed by atoms with E-state index < -0.39 is 0 Å². The minimum Gasteiger partial charge on any atom is -1.00 e. The quantitative estimate of drug-likeness (QED) is 0.474. The zero-order chi connectivity index (χ0) is 23.1. The second-order valence-corrected chi connectivity index (χ2v) is 13.2. The van der Waals surface area contributed by atoms with Crippen molar-refractivity contribution in [2.24, 2.45) is 17.8 Å². The van der Waals surface area contributed by atoms with Gasteiger partial charge < -0.3 is 24.8 Å². The molecule has 0 heterocycles. The van der Waals surface area contributed by atoms with Gasteiger partial charge in [-0.05, 0) is 86.8 Å². The molecule has 0 amide bonds. The van der Waals surface area contributed by atoms with E-state index in [0.717, 1.165) is 11.8 Å². The number of allylic oxidation sites excluding steroid dienone is 4. The van der Waals surface area contributed by atoms with Gasteiger partial charge in [0.05, 0.1) is 0 Å². The third-order valence-corrected chi connectivity index (χ3v) is 9.25. The zero-order valence-corrected chi connectivity index (χ0v) is 26.7. The van der Waals surface area contributed by atoms with Crippen LogP contribution in [0.4, 0.5) is 0 Å². The molecule has 2 aromatic rings. The van der Waals surface area contributed by atoms with Gasteiger partial charge in [-0.15, -0.1) is 0 Å². The van der Waals surface area contributed by atoms with Crippen molar-refractivity contribution in [1.29, 1.82) is 0 Å². The summed E-state index contributed by atoms with van der Waals surface area (Å²) < 4.78 is 0. The van der Waals surface area contributed by atoms with Crippen molar-refractivity contribution in [3.8, 4) is 11.1 Å². The summed E-state index contributed by atoms with van der Waals surface area (Å²) in [5.74, 6) is 2.84. The van der Waals surface area contributed by atoms with E-state index in [2.05, 4.69) is 90.1 Å². The van der Waals surface area contributed by atoms with Crippen LogP contribution in [0, 0.1) is 17.8 Å². The Balaban J connectivity index is 0.00000120. The molecule has 0 nitrogen and oxygen atoms in total. The fraction of sp³-hybridized carbons (Fsp3) is 0.515. The van der Waals surface area contributed by atoms with E-state index in [1.807, 2.05) is 0 Å². The average molecular weight is 599 g/mol. The van der Waals surface area contributed by atoms with Gasteiger partial charge in [0, 0.05) is 5.92 Å². The second kappa shape index (κ2) is 10.5. The Labute approximate surface area is 250 Å². The van der Waals surface area contributed by atoms with E-state index >= 15 is 0 Å².